The highest BCUT2D eigenvalue weighted by Crippen LogP contribution is 2.33. The Morgan fingerprint density at radius 2 is 1.90 bits per heavy atom. The van der Waals surface area contributed by atoms with Gasteiger partial charge in [0.25, 0.3) is 0 Å². The summed E-state index contributed by atoms with van der Waals surface area (Å²) >= 11 is 3.50. The fourth-order valence-corrected chi connectivity index (χ4v) is 2.91. The molecule has 116 valence electrons. The molecule has 1 aromatic carbocycles. The number of ether oxygens (including phenoxy) is 2. The number of hydrogen-bond donors (Lipinski definition) is 2. The lowest BCUT2D eigenvalue weighted by Crippen LogP contribution is -2.37. The summed E-state index contributed by atoms with van der Waals surface area (Å²) < 4.78 is 11.4. The van der Waals surface area contributed by atoms with E-state index in [1.165, 1.54) is 0 Å². The Kier molecular flexibility index (Phi) is 5.87. The zero-order chi connectivity index (χ0) is 15.2. The van der Waals surface area contributed by atoms with E-state index in [-0.39, 0.29) is 11.8 Å². The van der Waals surface area contributed by atoms with Gasteiger partial charge in [-0.1, -0.05) is 15.9 Å². The molecule has 0 aromatic heterocycles. The van der Waals surface area contributed by atoms with Crippen molar-refractivity contribution in [1.82, 2.24) is 10.6 Å². The molecule has 1 amide bonds. The molecule has 1 aromatic rings. The molecule has 1 saturated heterocycles. The molecule has 2 rings (SSSR count). The number of amides is 1. The Labute approximate surface area is 133 Å². The van der Waals surface area contributed by atoms with Crippen molar-refractivity contribution in [2.75, 3.05) is 27.3 Å². The first-order valence-electron chi connectivity index (χ1n) is 7.04. The average molecular weight is 357 g/mol. The fraction of sp³-hybridized carbons (Fsp3) is 0.533. The van der Waals surface area contributed by atoms with E-state index in [9.17, 15) is 4.79 Å². The second-order valence-electron chi connectivity index (χ2n) is 5.04. The number of halogens is 1. The summed E-state index contributed by atoms with van der Waals surface area (Å²) in [5.74, 6) is 1.56. The summed E-state index contributed by atoms with van der Waals surface area (Å²) in [7, 11) is 3.20. The van der Waals surface area contributed by atoms with E-state index in [1.807, 2.05) is 12.1 Å². The smallest absolute Gasteiger partial charge is 0.223 e. The SMILES string of the molecule is COc1cc(Br)c(CNC(=O)C2CCNCC2)cc1OC. The normalized spacial score (nSPS) is 15.6. The molecule has 1 heterocycles. The lowest BCUT2D eigenvalue weighted by molar-refractivity contribution is -0.125. The van der Waals surface area contributed by atoms with Crippen LogP contribution in [0.15, 0.2) is 16.6 Å². The second-order valence-corrected chi connectivity index (χ2v) is 5.90. The Hall–Kier alpha value is -1.27. The Balaban J connectivity index is 2.00. The molecule has 5 nitrogen and oxygen atoms in total. The Morgan fingerprint density at radius 1 is 1.29 bits per heavy atom. The zero-order valence-corrected chi connectivity index (χ0v) is 14.0. The van der Waals surface area contributed by atoms with Crippen molar-refractivity contribution in [3.63, 3.8) is 0 Å². The maximum absolute atomic E-state index is 12.2. The molecule has 0 unspecified atom stereocenters. The molecule has 21 heavy (non-hydrogen) atoms. The van der Waals surface area contributed by atoms with E-state index in [0.29, 0.717) is 18.0 Å². The minimum atomic E-state index is 0.116. The molecule has 1 fully saturated rings. The van der Waals surface area contributed by atoms with E-state index in [1.54, 1.807) is 14.2 Å². The number of benzene rings is 1. The third-order valence-electron chi connectivity index (χ3n) is 3.72. The van der Waals surface area contributed by atoms with Crippen LogP contribution in [0.1, 0.15) is 18.4 Å². The minimum Gasteiger partial charge on any atom is -0.493 e. The Bertz CT molecular complexity index is 502. The highest BCUT2D eigenvalue weighted by Gasteiger charge is 2.20. The van der Waals surface area contributed by atoms with Crippen molar-refractivity contribution in [3.05, 3.63) is 22.2 Å². The van der Waals surface area contributed by atoms with Crippen LogP contribution < -0.4 is 20.1 Å². The van der Waals surface area contributed by atoms with Crippen LogP contribution >= 0.6 is 15.9 Å². The van der Waals surface area contributed by atoms with Crippen molar-refractivity contribution in [3.8, 4) is 11.5 Å². The van der Waals surface area contributed by atoms with Crippen LogP contribution in [-0.4, -0.2) is 33.2 Å². The van der Waals surface area contributed by atoms with E-state index < -0.39 is 0 Å². The Morgan fingerprint density at radius 3 is 2.52 bits per heavy atom. The fourth-order valence-electron chi connectivity index (χ4n) is 2.44. The molecule has 6 heteroatoms. The van der Waals surface area contributed by atoms with Crippen molar-refractivity contribution in [1.29, 1.82) is 0 Å². The molecule has 0 radical (unpaired) electrons. The predicted molar refractivity (Wildman–Crippen MR) is 84.7 cm³/mol. The van der Waals surface area contributed by atoms with Crippen LogP contribution in [0.4, 0.5) is 0 Å². The lowest BCUT2D eigenvalue weighted by Gasteiger charge is -2.22. The van der Waals surface area contributed by atoms with Crippen LogP contribution in [0.25, 0.3) is 0 Å². The number of nitrogens with one attached hydrogen (secondary N) is 2. The minimum absolute atomic E-state index is 0.116. The van der Waals surface area contributed by atoms with Crippen molar-refractivity contribution < 1.29 is 14.3 Å². The van der Waals surface area contributed by atoms with Crippen LogP contribution in [0.2, 0.25) is 0 Å². The van der Waals surface area contributed by atoms with E-state index in [2.05, 4.69) is 26.6 Å². The quantitative estimate of drug-likeness (QED) is 0.847. The highest BCUT2D eigenvalue weighted by atomic mass is 79.9. The molecule has 0 bridgehead atoms. The van der Waals surface area contributed by atoms with Gasteiger partial charge in [0, 0.05) is 16.9 Å². The second kappa shape index (κ2) is 7.66. The van der Waals surface area contributed by atoms with Gasteiger partial charge in [0.15, 0.2) is 11.5 Å². The van der Waals surface area contributed by atoms with Gasteiger partial charge in [-0.2, -0.15) is 0 Å². The first-order valence-corrected chi connectivity index (χ1v) is 7.83. The highest BCUT2D eigenvalue weighted by molar-refractivity contribution is 9.10. The molecule has 2 N–H and O–H groups in total. The van der Waals surface area contributed by atoms with Gasteiger partial charge in [0.2, 0.25) is 5.91 Å². The van der Waals surface area contributed by atoms with Gasteiger partial charge in [-0.3, -0.25) is 4.79 Å². The molecular weight excluding hydrogens is 336 g/mol. The number of rotatable bonds is 5. The predicted octanol–water partition coefficient (Wildman–Crippen LogP) is 2.08. The topological polar surface area (TPSA) is 59.6 Å². The first kappa shape index (κ1) is 16.1. The maximum Gasteiger partial charge on any atom is 0.223 e. The van der Waals surface area contributed by atoms with Gasteiger partial charge in [0.05, 0.1) is 14.2 Å². The molecule has 1 aliphatic heterocycles. The molecule has 0 spiro atoms. The van der Waals surface area contributed by atoms with E-state index in [0.717, 1.165) is 36.0 Å². The number of carbonyl (C=O) groups is 1. The van der Waals surface area contributed by atoms with Crippen molar-refractivity contribution >= 4 is 21.8 Å². The van der Waals surface area contributed by atoms with Crippen molar-refractivity contribution in [2.45, 2.75) is 19.4 Å². The van der Waals surface area contributed by atoms with Gasteiger partial charge < -0.3 is 20.1 Å². The maximum atomic E-state index is 12.2. The third kappa shape index (κ3) is 4.11. The largest absolute Gasteiger partial charge is 0.493 e. The summed E-state index contributed by atoms with van der Waals surface area (Å²) in [6.07, 6.45) is 1.80. The van der Waals surface area contributed by atoms with Gasteiger partial charge in [-0.15, -0.1) is 0 Å². The zero-order valence-electron chi connectivity index (χ0n) is 12.4. The van der Waals surface area contributed by atoms with Crippen LogP contribution in [0.3, 0.4) is 0 Å². The molecule has 0 atom stereocenters. The monoisotopic (exact) mass is 356 g/mol. The summed E-state index contributed by atoms with van der Waals surface area (Å²) in [5, 5.41) is 6.27. The van der Waals surface area contributed by atoms with Gasteiger partial charge in [-0.25, -0.2) is 0 Å². The summed E-state index contributed by atoms with van der Waals surface area (Å²) in [5.41, 5.74) is 0.968. The molecule has 0 saturated carbocycles. The summed E-state index contributed by atoms with van der Waals surface area (Å²) in [4.78, 5) is 12.2. The number of methoxy groups -OCH3 is 2. The van der Waals surface area contributed by atoms with E-state index >= 15 is 0 Å². The number of piperidine rings is 1. The lowest BCUT2D eigenvalue weighted by atomic mass is 9.97. The number of hydrogen-bond acceptors (Lipinski definition) is 4. The molecule has 1 aliphatic rings. The van der Waals surface area contributed by atoms with Crippen molar-refractivity contribution in [2.24, 2.45) is 5.92 Å². The third-order valence-corrected chi connectivity index (χ3v) is 4.45. The average Bonchev–Trinajstić information content (AvgIpc) is 2.53. The summed E-state index contributed by atoms with van der Waals surface area (Å²) in [6, 6.07) is 3.73. The summed E-state index contributed by atoms with van der Waals surface area (Å²) in [6.45, 7) is 2.31. The van der Waals surface area contributed by atoms with E-state index in [4.69, 9.17) is 9.47 Å². The standard InChI is InChI=1S/C15H21BrN2O3/c1-20-13-7-11(12(16)8-14(13)21-2)9-18-15(19)10-3-5-17-6-4-10/h7-8,10,17H,3-6,9H2,1-2H3,(H,18,19). The van der Waals surface area contributed by atoms with Crippen LogP contribution in [0.5, 0.6) is 11.5 Å². The van der Waals surface area contributed by atoms with Crippen LogP contribution in [0, 0.1) is 5.92 Å². The van der Waals surface area contributed by atoms with Gasteiger partial charge >= 0.3 is 0 Å². The first-order chi connectivity index (χ1) is 10.2. The van der Waals surface area contributed by atoms with Gasteiger partial charge in [-0.05, 0) is 43.6 Å². The van der Waals surface area contributed by atoms with Gasteiger partial charge in [0.1, 0.15) is 0 Å². The molecule has 0 aliphatic carbocycles. The number of carbonyl (C=O) groups excluding carboxylic acids is 1. The molecular formula is C15H21BrN2O3. The van der Waals surface area contributed by atoms with Crippen LogP contribution in [-0.2, 0) is 11.3 Å².